The molecule has 1 aliphatic rings. The summed E-state index contributed by atoms with van der Waals surface area (Å²) in [6, 6.07) is 19.6. The molecule has 0 spiro atoms. The Kier molecular flexibility index (Phi) is 5.24. The number of furan rings is 1. The minimum atomic E-state index is -0.500. The van der Waals surface area contributed by atoms with Crippen LogP contribution in [0.15, 0.2) is 71.3 Å². The predicted octanol–water partition coefficient (Wildman–Crippen LogP) is 3.67. The molecule has 3 heterocycles. The molecule has 1 aliphatic heterocycles. The van der Waals surface area contributed by atoms with E-state index in [2.05, 4.69) is 33.4 Å². The van der Waals surface area contributed by atoms with Crippen molar-refractivity contribution >= 4 is 16.9 Å². The Hall–Kier alpha value is -3.48. The van der Waals surface area contributed by atoms with Gasteiger partial charge in [-0.25, -0.2) is 0 Å². The lowest BCUT2D eigenvalue weighted by Crippen LogP contribution is -2.42. The Labute approximate surface area is 180 Å². The van der Waals surface area contributed by atoms with E-state index in [1.54, 1.807) is 18.3 Å². The van der Waals surface area contributed by atoms with E-state index in [1.807, 2.05) is 30.3 Å². The molecule has 31 heavy (non-hydrogen) atoms. The molecule has 5 rings (SSSR count). The second-order valence-electron chi connectivity index (χ2n) is 7.82. The number of fused-ring (bicyclic) bond motifs is 1. The summed E-state index contributed by atoms with van der Waals surface area (Å²) >= 11 is 0. The summed E-state index contributed by atoms with van der Waals surface area (Å²) in [5.74, 6) is 0.242. The van der Waals surface area contributed by atoms with Gasteiger partial charge in [-0.3, -0.25) is 14.7 Å². The molecule has 1 saturated heterocycles. The summed E-state index contributed by atoms with van der Waals surface area (Å²) in [5.41, 5.74) is 10.3. The third kappa shape index (κ3) is 3.95. The number of hydrogen-bond donors (Lipinski definition) is 2. The monoisotopic (exact) mass is 412 g/mol. The molecule has 6 nitrogen and oxygen atoms in total. The van der Waals surface area contributed by atoms with Crippen LogP contribution in [0, 0.1) is 0 Å². The van der Waals surface area contributed by atoms with Crippen LogP contribution in [0.5, 0.6) is 0 Å². The minimum Gasteiger partial charge on any atom is -0.456 e. The highest BCUT2D eigenvalue weighted by Gasteiger charge is 2.18. The molecule has 2 aromatic carbocycles. The van der Waals surface area contributed by atoms with Gasteiger partial charge in [-0.1, -0.05) is 36.4 Å². The van der Waals surface area contributed by atoms with E-state index in [0.29, 0.717) is 11.3 Å². The number of benzene rings is 2. The molecule has 0 radical (unpaired) electrons. The van der Waals surface area contributed by atoms with E-state index in [1.165, 1.54) is 5.56 Å². The zero-order valence-electron chi connectivity index (χ0n) is 17.2. The van der Waals surface area contributed by atoms with Gasteiger partial charge in [0.05, 0.1) is 11.3 Å². The topological polar surface area (TPSA) is 84.4 Å². The van der Waals surface area contributed by atoms with E-state index >= 15 is 0 Å². The maximum atomic E-state index is 11.9. The Balaban J connectivity index is 1.53. The van der Waals surface area contributed by atoms with Gasteiger partial charge in [0.25, 0.3) is 5.91 Å². The maximum absolute atomic E-state index is 11.9. The number of nitrogens with one attached hydrogen (secondary N) is 1. The second kappa shape index (κ2) is 8.34. The number of amides is 1. The standard InChI is InChI=1S/C25H24N4O2/c26-25(30)21-6-3-9-28-24(21)20-5-2-1-4-19(20)23-15-18-8-7-17(14-22(18)31-23)16-29-12-10-27-11-13-29/h1-9,14-15,27H,10-13,16H2,(H2,26,30). The van der Waals surface area contributed by atoms with Gasteiger partial charge in [0, 0.05) is 55.4 Å². The second-order valence-corrected chi connectivity index (χ2v) is 7.82. The summed E-state index contributed by atoms with van der Waals surface area (Å²) < 4.78 is 6.27. The number of piperazine rings is 1. The average molecular weight is 412 g/mol. The van der Waals surface area contributed by atoms with Crippen LogP contribution < -0.4 is 11.1 Å². The third-order valence-electron chi connectivity index (χ3n) is 5.72. The largest absolute Gasteiger partial charge is 0.456 e. The smallest absolute Gasteiger partial charge is 0.250 e. The van der Waals surface area contributed by atoms with Crippen molar-refractivity contribution in [3.05, 3.63) is 78.0 Å². The molecule has 0 saturated carbocycles. The number of nitrogens with two attached hydrogens (primary N) is 1. The van der Waals surface area contributed by atoms with Crippen molar-refractivity contribution in [3.8, 4) is 22.6 Å². The van der Waals surface area contributed by atoms with Gasteiger partial charge < -0.3 is 15.5 Å². The Morgan fingerprint density at radius 2 is 1.84 bits per heavy atom. The molecular formula is C25H24N4O2. The molecule has 4 aromatic rings. The van der Waals surface area contributed by atoms with Gasteiger partial charge >= 0.3 is 0 Å². The molecule has 2 aromatic heterocycles. The number of primary amides is 1. The van der Waals surface area contributed by atoms with Crippen LogP contribution in [0.4, 0.5) is 0 Å². The number of aromatic nitrogens is 1. The van der Waals surface area contributed by atoms with Crippen LogP contribution in [0.1, 0.15) is 15.9 Å². The highest BCUT2D eigenvalue weighted by atomic mass is 16.3. The molecule has 0 aliphatic carbocycles. The molecule has 3 N–H and O–H groups in total. The molecule has 0 atom stereocenters. The Morgan fingerprint density at radius 3 is 2.65 bits per heavy atom. The van der Waals surface area contributed by atoms with Crippen LogP contribution >= 0.6 is 0 Å². The number of carbonyl (C=O) groups is 1. The molecule has 0 bridgehead atoms. The first-order valence-electron chi connectivity index (χ1n) is 10.5. The van der Waals surface area contributed by atoms with Crippen molar-refractivity contribution in [1.82, 2.24) is 15.2 Å². The number of rotatable bonds is 5. The number of hydrogen-bond acceptors (Lipinski definition) is 5. The highest BCUT2D eigenvalue weighted by Crippen LogP contribution is 2.36. The Morgan fingerprint density at radius 1 is 1.03 bits per heavy atom. The number of pyridine rings is 1. The van der Waals surface area contributed by atoms with Gasteiger partial charge in [-0.2, -0.15) is 0 Å². The maximum Gasteiger partial charge on any atom is 0.250 e. The van der Waals surface area contributed by atoms with Crippen molar-refractivity contribution in [2.45, 2.75) is 6.54 Å². The van der Waals surface area contributed by atoms with Crippen LogP contribution in [0.25, 0.3) is 33.6 Å². The van der Waals surface area contributed by atoms with Gasteiger partial charge in [-0.15, -0.1) is 0 Å². The minimum absolute atomic E-state index is 0.393. The molecule has 6 heteroatoms. The van der Waals surface area contributed by atoms with Crippen LogP contribution in [0.3, 0.4) is 0 Å². The molecule has 1 amide bonds. The molecular weight excluding hydrogens is 388 g/mol. The number of nitrogens with zero attached hydrogens (tertiary/aromatic N) is 2. The van der Waals surface area contributed by atoms with Crippen LogP contribution in [-0.4, -0.2) is 42.0 Å². The number of carbonyl (C=O) groups excluding carboxylic acids is 1. The molecule has 1 fully saturated rings. The van der Waals surface area contributed by atoms with Gasteiger partial charge in [0.2, 0.25) is 0 Å². The predicted molar refractivity (Wildman–Crippen MR) is 122 cm³/mol. The molecule has 0 unspecified atom stereocenters. The van der Waals surface area contributed by atoms with Crippen LogP contribution in [-0.2, 0) is 6.54 Å². The lowest BCUT2D eigenvalue weighted by atomic mass is 9.98. The first-order chi connectivity index (χ1) is 15.2. The molecule has 156 valence electrons. The highest BCUT2D eigenvalue weighted by molar-refractivity contribution is 6.00. The fourth-order valence-electron chi connectivity index (χ4n) is 4.16. The van der Waals surface area contributed by atoms with Crippen molar-refractivity contribution in [1.29, 1.82) is 0 Å². The zero-order valence-corrected chi connectivity index (χ0v) is 17.2. The lowest BCUT2D eigenvalue weighted by molar-refractivity contribution is 0.100. The van der Waals surface area contributed by atoms with Crippen molar-refractivity contribution < 1.29 is 9.21 Å². The lowest BCUT2D eigenvalue weighted by Gasteiger charge is -2.27. The average Bonchev–Trinajstić information content (AvgIpc) is 3.23. The third-order valence-corrected chi connectivity index (χ3v) is 5.72. The van der Waals surface area contributed by atoms with E-state index < -0.39 is 5.91 Å². The van der Waals surface area contributed by atoms with E-state index in [4.69, 9.17) is 10.2 Å². The SMILES string of the molecule is NC(=O)c1cccnc1-c1ccccc1-c1cc2ccc(CN3CCNCC3)cc2o1. The first kappa shape index (κ1) is 19.5. The zero-order chi connectivity index (χ0) is 21.2. The van der Waals surface area contributed by atoms with Crippen molar-refractivity contribution in [2.24, 2.45) is 5.73 Å². The quantitative estimate of drug-likeness (QED) is 0.523. The Bertz CT molecular complexity index is 1240. The van der Waals surface area contributed by atoms with Crippen molar-refractivity contribution in [3.63, 3.8) is 0 Å². The summed E-state index contributed by atoms with van der Waals surface area (Å²) in [6.45, 7) is 5.10. The van der Waals surface area contributed by atoms with Gasteiger partial charge in [0.15, 0.2) is 0 Å². The van der Waals surface area contributed by atoms with E-state index in [0.717, 1.165) is 60.6 Å². The first-order valence-corrected chi connectivity index (χ1v) is 10.5. The van der Waals surface area contributed by atoms with E-state index in [9.17, 15) is 4.79 Å². The summed E-state index contributed by atoms with van der Waals surface area (Å²) in [6.07, 6.45) is 1.67. The summed E-state index contributed by atoms with van der Waals surface area (Å²) in [5, 5.41) is 4.43. The fourth-order valence-corrected chi connectivity index (χ4v) is 4.16. The fraction of sp³-hybridized carbons (Fsp3) is 0.200. The van der Waals surface area contributed by atoms with Gasteiger partial charge in [-0.05, 0) is 29.8 Å². The van der Waals surface area contributed by atoms with Gasteiger partial charge in [0.1, 0.15) is 11.3 Å². The normalized spacial score (nSPS) is 14.7. The van der Waals surface area contributed by atoms with E-state index in [-0.39, 0.29) is 0 Å². The van der Waals surface area contributed by atoms with Crippen LogP contribution in [0.2, 0.25) is 0 Å². The summed E-state index contributed by atoms with van der Waals surface area (Å²) in [7, 11) is 0. The van der Waals surface area contributed by atoms with Crippen molar-refractivity contribution in [2.75, 3.05) is 26.2 Å². The summed E-state index contributed by atoms with van der Waals surface area (Å²) in [4.78, 5) is 18.8.